The number of carbonyl (C=O) groups excluding carboxylic acids is 1. The van der Waals surface area contributed by atoms with Gasteiger partial charge in [-0.05, 0) is 23.3 Å². The summed E-state index contributed by atoms with van der Waals surface area (Å²) in [5, 5.41) is 3.17. The number of hydrogen-bond donors (Lipinski definition) is 2. The smallest absolute Gasteiger partial charge is 0.248 e. The van der Waals surface area contributed by atoms with Gasteiger partial charge in [-0.3, -0.25) is 4.79 Å². The molecule has 0 aliphatic carbocycles. The fraction of sp³-hybridized carbons (Fsp3) is 0.182. The number of hydrogen-bond acceptors (Lipinski definition) is 2. The normalized spacial score (nSPS) is 14.6. The topological polar surface area (TPSA) is 55.1 Å². The van der Waals surface area contributed by atoms with Crippen molar-refractivity contribution in [1.82, 2.24) is 5.32 Å². The fourth-order valence-corrected chi connectivity index (χ4v) is 1.88. The molecule has 3 nitrogen and oxygen atoms in total. The third kappa shape index (κ3) is 2.27. The molecule has 0 unspecified atom stereocenters. The van der Waals surface area contributed by atoms with Crippen molar-refractivity contribution >= 4 is 27.9 Å². The second-order valence-corrected chi connectivity index (χ2v) is 4.36. The predicted molar refractivity (Wildman–Crippen MR) is 63.5 cm³/mol. The van der Waals surface area contributed by atoms with E-state index in [4.69, 9.17) is 5.73 Å². The Kier molecular flexibility index (Phi) is 2.88. The van der Waals surface area contributed by atoms with Crippen LogP contribution in [-0.4, -0.2) is 19.0 Å². The highest BCUT2D eigenvalue weighted by Crippen LogP contribution is 2.22. The lowest BCUT2D eigenvalue weighted by Gasteiger charge is -2.18. The van der Waals surface area contributed by atoms with E-state index in [0.29, 0.717) is 5.56 Å². The molecule has 0 atom stereocenters. The number of benzene rings is 1. The molecule has 1 amide bonds. The number of rotatable bonds is 2. The number of halogens is 1. The minimum Gasteiger partial charge on any atom is -0.366 e. The first-order valence-corrected chi connectivity index (χ1v) is 5.45. The third-order valence-electron chi connectivity index (χ3n) is 2.35. The lowest BCUT2D eigenvalue weighted by Crippen LogP contribution is -2.33. The molecule has 1 heterocycles. The molecule has 15 heavy (non-hydrogen) atoms. The maximum atomic E-state index is 10.9. The molecule has 1 aromatic rings. The maximum Gasteiger partial charge on any atom is 0.248 e. The van der Waals surface area contributed by atoms with Gasteiger partial charge >= 0.3 is 0 Å². The zero-order valence-electron chi connectivity index (χ0n) is 8.09. The Labute approximate surface area is 96.5 Å². The van der Waals surface area contributed by atoms with E-state index in [2.05, 4.69) is 27.3 Å². The van der Waals surface area contributed by atoms with E-state index in [9.17, 15) is 4.79 Å². The van der Waals surface area contributed by atoms with E-state index in [1.54, 1.807) is 12.1 Å². The van der Waals surface area contributed by atoms with E-state index in [0.717, 1.165) is 23.1 Å². The van der Waals surface area contributed by atoms with Crippen LogP contribution >= 0.6 is 15.9 Å². The van der Waals surface area contributed by atoms with Gasteiger partial charge in [0.2, 0.25) is 5.91 Å². The molecule has 2 rings (SSSR count). The van der Waals surface area contributed by atoms with E-state index >= 15 is 0 Å². The zero-order valence-corrected chi connectivity index (χ0v) is 9.67. The Hall–Kier alpha value is -1.13. The Balaban J connectivity index is 2.30. The molecule has 0 spiro atoms. The summed E-state index contributed by atoms with van der Waals surface area (Å²) in [5.41, 5.74) is 8.15. The lowest BCUT2D eigenvalue weighted by molar-refractivity contribution is 0.100. The minimum absolute atomic E-state index is 0.403. The molecule has 0 aromatic heterocycles. The third-order valence-corrected chi connectivity index (χ3v) is 3.04. The average molecular weight is 267 g/mol. The van der Waals surface area contributed by atoms with Crippen LogP contribution in [0.2, 0.25) is 0 Å². The maximum absolute atomic E-state index is 10.9. The van der Waals surface area contributed by atoms with E-state index in [-0.39, 0.29) is 0 Å². The van der Waals surface area contributed by atoms with Crippen molar-refractivity contribution in [1.29, 1.82) is 0 Å². The highest BCUT2D eigenvalue weighted by Gasteiger charge is 2.09. The van der Waals surface area contributed by atoms with Gasteiger partial charge in [0.05, 0.1) is 0 Å². The van der Waals surface area contributed by atoms with Crippen LogP contribution in [-0.2, 0) is 0 Å². The molecular formula is C11H11BrN2O. The number of carbonyl (C=O) groups is 1. The van der Waals surface area contributed by atoms with Gasteiger partial charge in [-0.25, -0.2) is 0 Å². The van der Waals surface area contributed by atoms with E-state index in [1.165, 1.54) is 5.57 Å². The first kappa shape index (κ1) is 10.4. The second-order valence-electron chi connectivity index (χ2n) is 3.51. The fourth-order valence-electron chi connectivity index (χ4n) is 1.39. The van der Waals surface area contributed by atoms with Crippen molar-refractivity contribution in [3.8, 4) is 0 Å². The summed E-state index contributed by atoms with van der Waals surface area (Å²) in [6.45, 7) is 1.90. The first-order valence-electron chi connectivity index (χ1n) is 4.66. The van der Waals surface area contributed by atoms with E-state index in [1.807, 2.05) is 6.07 Å². The van der Waals surface area contributed by atoms with Gasteiger partial charge in [0.25, 0.3) is 0 Å². The second kappa shape index (κ2) is 4.16. The molecular weight excluding hydrogens is 256 g/mol. The molecule has 0 radical (unpaired) electrons. The lowest BCUT2D eigenvalue weighted by atomic mass is 10.1. The molecule has 1 fully saturated rings. The minimum atomic E-state index is -0.403. The predicted octanol–water partition coefficient (Wildman–Crippen LogP) is 1.53. The highest BCUT2D eigenvalue weighted by molar-refractivity contribution is 9.10. The van der Waals surface area contributed by atoms with Crippen LogP contribution in [0.1, 0.15) is 15.9 Å². The van der Waals surface area contributed by atoms with Gasteiger partial charge in [-0.1, -0.05) is 28.1 Å². The van der Waals surface area contributed by atoms with Gasteiger partial charge in [0.15, 0.2) is 0 Å². The number of nitrogens with two attached hydrogens (primary N) is 1. The summed E-state index contributed by atoms with van der Waals surface area (Å²) in [5.74, 6) is -0.403. The number of amides is 1. The SMILES string of the molecule is NC(=O)c1ccc(C=C2CNC2)c(Br)c1. The van der Waals surface area contributed by atoms with Gasteiger partial charge in [0.1, 0.15) is 0 Å². The molecule has 0 bridgehead atoms. The van der Waals surface area contributed by atoms with Gasteiger partial charge < -0.3 is 11.1 Å². The van der Waals surface area contributed by atoms with Crippen molar-refractivity contribution in [3.63, 3.8) is 0 Å². The monoisotopic (exact) mass is 266 g/mol. The van der Waals surface area contributed by atoms with Gasteiger partial charge in [-0.15, -0.1) is 0 Å². The summed E-state index contributed by atoms with van der Waals surface area (Å²) in [6.07, 6.45) is 2.12. The Bertz CT molecular complexity index is 434. The van der Waals surface area contributed by atoms with Crippen molar-refractivity contribution in [3.05, 3.63) is 39.4 Å². The van der Waals surface area contributed by atoms with Crippen molar-refractivity contribution in [2.24, 2.45) is 5.73 Å². The van der Waals surface area contributed by atoms with Gasteiger partial charge in [-0.2, -0.15) is 0 Å². The quantitative estimate of drug-likeness (QED) is 0.853. The highest BCUT2D eigenvalue weighted by atomic mass is 79.9. The summed E-state index contributed by atoms with van der Waals surface area (Å²) < 4.78 is 0.901. The standard InChI is InChI=1S/C11H11BrN2O/c12-10-4-9(11(13)15)2-1-8(10)3-7-5-14-6-7/h1-4,14H,5-6H2,(H2,13,15). The van der Waals surface area contributed by atoms with Crippen LogP contribution in [0.5, 0.6) is 0 Å². The Morgan fingerprint density at radius 1 is 1.47 bits per heavy atom. The van der Waals surface area contributed by atoms with E-state index < -0.39 is 5.91 Å². The zero-order chi connectivity index (χ0) is 10.8. The molecule has 78 valence electrons. The molecule has 1 aromatic carbocycles. The molecule has 3 N–H and O–H groups in total. The summed E-state index contributed by atoms with van der Waals surface area (Å²) >= 11 is 3.42. The summed E-state index contributed by atoms with van der Waals surface area (Å²) in [7, 11) is 0. The summed E-state index contributed by atoms with van der Waals surface area (Å²) in [6, 6.07) is 5.39. The number of primary amides is 1. The molecule has 1 aliphatic rings. The molecule has 0 saturated carbocycles. The Morgan fingerprint density at radius 3 is 2.67 bits per heavy atom. The average Bonchev–Trinajstić information content (AvgIpc) is 2.12. The Morgan fingerprint density at radius 2 is 2.20 bits per heavy atom. The van der Waals surface area contributed by atoms with Crippen LogP contribution in [0.15, 0.2) is 28.2 Å². The largest absolute Gasteiger partial charge is 0.366 e. The molecule has 1 saturated heterocycles. The van der Waals surface area contributed by atoms with Crippen molar-refractivity contribution in [2.75, 3.05) is 13.1 Å². The van der Waals surface area contributed by atoms with Crippen molar-refractivity contribution < 1.29 is 4.79 Å². The molecule has 1 aliphatic heterocycles. The van der Waals surface area contributed by atoms with Crippen LogP contribution in [0.3, 0.4) is 0 Å². The van der Waals surface area contributed by atoms with Crippen LogP contribution in [0.4, 0.5) is 0 Å². The van der Waals surface area contributed by atoms with Crippen LogP contribution in [0, 0.1) is 0 Å². The first-order chi connectivity index (χ1) is 7.16. The van der Waals surface area contributed by atoms with Crippen LogP contribution < -0.4 is 11.1 Å². The number of nitrogens with one attached hydrogen (secondary N) is 1. The van der Waals surface area contributed by atoms with Crippen molar-refractivity contribution in [2.45, 2.75) is 0 Å². The summed E-state index contributed by atoms with van der Waals surface area (Å²) in [4.78, 5) is 10.9. The van der Waals surface area contributed by atoms with Gasteiger partial charge in [0, 0.05) is 23.1 Å². The molecule has 4 heteroatoms. The van der Waals surface area contributed by atoms with Crippen LogP contribution in [0.25, 0.3) is 6.08 Å².